The van der Waals surface area contributed by atoms with Crippen LogP contribution < -0.4 is 5.32 Å². The summed E-state index contributed by atoms with van der Waals surface area (Å²) in [6.07, 6.45) is 3.94. The summed E-state index contributed by atoms with van der Waals surface area (Å²) >= 11 is 0. The summed E-state index contributed by atoms with van der Waals surface area (Å²) in [5.74, 6) is 0.914. The molecule has 0 aromatic rings. The highest BCUT2D eigenvalue weighted by atomic mass is 16.5. The summed E-state index contributed by atoms with van der Waals surface area (Å²) in [7, 11) is 0. The number of amides is 1. The zero-order valence-corrected chi connectivity index (χ0v) is 11.9. The molecule has 4 nitrogen and oxygen atoms in total. The quantitative estimate of drug-likeness (QED) is 0.671. The van der Waals surface area contributed by atoms with Crippen LogP contribution in [0.1, 0.15) is 39.5 Å². The normalized spacial score (nSPS) is 19.8. The van der Waals surface area contributed by atoms with Crippen molar-refractivity contribution in [2.45, 2.75) is 39.5 Å². The fraction of sp³-hybridized carbons (Fsp3) is 0.929. The van der Waals surface area contributed by atoms with Gasteiger partial charge in [0.05, 0.1) is 0 Å². The molecule has 0 aromatic carbocycles. The number of carbonyl (C=O) groups excluding carboxylic acids is 1. The van der Waals surface area contributed by atoms with Crippen LogP contribution >= 0.6 is 0 Å². The van der Waals surface area contributed by atoms with Crippen LogP contribution in [-0.4, -0.2) is 50.2 Å². The van der Waals surface area contributed by atoms with Crippen molar-refractivity contribution in [3.05, 3.63) is 0 Å². The average Bonchev–Trinajstić information content (AvgIpc) is 2.42. The third-order valence-electron chi connectivity index (χ3n) is 3.50. The smallest absolute Gasteiger partial charge is 0.222 e. The Morgan fingerprint density at radius 2 is 2.28 bits per heavy atom. The molecule has 0 aliphatic carbocycles. The van der Waals surface area contributed by atoms with Crippen LogP contribution in [0.15, 0.2) is 0 Å². The monoisotopic (exact) mass is 256 g/mol. The molecule has 18 heavy (non-hydrogen) atoms. The maximum atomic E-state index is 12.1. The van der Waals surface area contributed by atoms with Crippen LogP contribution in [0.5, 0.6) is 0 Å². The minimum absolute atomic E-state index is 0.280. The number of hydrogen-bond donors (Lipinski definition) is 1. The molecule has 1 atom stereocenters. The summed E-state index contributed by atoms with van der Waals surface area (Å²) < 4.78 is 5.27. The molecule has 1 aliphatic rings. The molecule has 0 bridgehead atoms. The number of piperidine rings is 1. The molecule has 1 heterocycles. The molecule has 4 heteroatoms. The number of rotatable bonds is 8. The molecule has 0 aromatic heterocycles. The molecule has 1 saturated heterocycles. The molecule has 1 fully saturated rings. The van der Waals surface area contributed by atoms with Crippen LogP contribution in [0, 0.1) is 5.92 Å². The van der Waals surface area contributed by atoms with Crippen LogP contribution in [0.25, 0.3) is 0 Å². The standard InChI is InChI=1S/C14H28N2O2/c1-3-16(12-13-7-5-9-15-11-13)14(17)8-6-10-18-4-2/h13,15H,3-12H2,1-2H3. The second-order valence-corrected chi connectivity index (χ2v) is 4.95. The molecule has 1 amide bonds. The van der Waals surface area contributed by atoms with E-state index < -0.39 is 0 Å². The van der Waals surface area contributed by atoms with E-state index in [1.165, 1.54) is 12.8 Å². The first-order chi connectivity index (χ1) is 8.77. The van der Waals surface area contributed by atoms with E-state index in [0.29, 0.717) is 18.9 Å². The van der Waals surface area contributed by atoms with E-state index in [1.807, 2.05) is 11.8 Å². The van der Waals surface area contributed by atoms with Gasteiger partial charge in [0.2, 0.25) is 5.91 Å². The molecule has 0 saturated carbocycles. The topological polar surface area (TPSA) is 41.6 Å². The summed E-state index contributed by atoms with van der Waals surface area (Å²) in [5.41, 5.74) is 0. The molecule has 1 N–H and O–H groups in total. The fourth-order valence-electron chi connectivity index (χ4n) is 2.43. The average molecular weight is 256 g/mol. The molecule has 1 aliphatic heterocycles. The van der Waals surface area contributed by atoms with Crippen molar-refractivity contribution in [1.29, 1.82) is 0 Å². The van der Waals surface area contributed by atoms with E-state index in [-0.39, 0.29) is 5.91 Å². The first kappa shape index (κ1) is 15.4. The van der Waals surface area contributed by atoms with Crippen LogP contribution in [-0.2, 0) is 9.53 Å². The predicted octanol–water partition coefficient (Wildman–Crippen LogP) is 1.65. The largest absolute Gasteiger partial charge is 0.382 e. The molecule has 1 unspecified atom stereocenters. The fourth-order valence-corrected chi connectivity index (χ4v) is 2.43. The highest BCUT2D eigenvalue weighted by molar-refractivity contribution is 5.76. The van der Waals surface area contributed by atoms with Gasteiger partial charge in [-0.15, -0.1) is 0 Å². The number of carbonyl (C=O) groups is 1. The Balaban J connectivity index is 2.23. The molecule has 0 spiro atoms. The second-order valence-electron chi connectivity index (χ2n) is 4.95. The van der Waals surface area contributed by atoms with Gasteiger partial charge in [0.1, 0.15) is 0 Å². The molecular weight excluding hydrogens is 228 g/mol. The number of nitrogens with one attached hydrogen (secondary N) is 1. The summed E-state index contributed by atoms with van der Waals surface area (Å²) in [6, 6.07) is 0. The van der Waals surface area contributed by atoms with Crippen molar-refractivity contribution in [3.8, 4) is 0 Å². The number of ether oxygens (including phenoxy) is 1. The third kappa shape index (κ3) is 5.83. The first-order valence-corrected chi connectivity index (χ1v) is 7.34. The van der Waals surface area contributed by atoms with E-state index >= 15 is 0 Å². The lowest BCUT2D eigenvalue weighted by Crippen LogP contribution is -2.41. The van der Waals surface area contributed by atoms with Gasteiger partial charge < -0.3 is 15.0 Å². The van der Waals surface area contributed by atoms with E-state index in [9.17, 15) is 4.79 Å². The Labute approximate surface area is 111 Å². The first-order valence-electron chi connectivity index (χ1n) is 7.34. The van der Waals surface area contributed by atoms with Gasteiger partial charge >= 0.3 is 0 Å². The van der Waals surface area contributed by atoms with Gasteiger partial charge in [0.15, 0.2) is 0 Å². The lowest BCUT2D eigenvalue weighted by molar-refractivity contribution is -0.132. The number of nitrogens with zero attached hydrogens (tertiary/aromatic N) is 1. The van der Waals surface area contributed by atoms with Gasteiger partial charge in [0.25, 0.3) is 0 Å². The highest BCUT2D eigenvalue weighted by Gasteiger charge is 2.19. The van der Waals surface area contributed by atoms with Crippen molar-refractivity contribution in [2.24, 2.45) is 5.92 Å². The van der Waals surface area contributed by atoms with Gasteiger partial charge in [-0.1, -0.05) is 0 Å². The Morgan fingerprint density at radius 3 is 2.89 bits per heavy atom. The minimum Gasteiger partial charge on any atom is -0.382 e. The Hall–Kier alpha value is -0.610. The zero-order valence-electron chi connectivity index (χ0n) is 11.9. The maximum absolute atomic E-state index is 12.1. The molecular formula is C14H28N2O2. The van der Waals surface area contributed by atoms with Crippen LogP contribution in [0.3, 0.4) is 0 Å². The van der Waals surface area contributed by atoms with E-state index in [1.54, 1.807) is 0 Å². The van der Waals surface area contributed by atoms with E-state index in [2.05, 4.69) is 12.2 Å². The number of hydrogen-bond acceptors (Lipinski definition) is 3. The van der Waals surface area contributed by atoms with Crippen molar-refractivity contribution >= 4 is 5.91 Å². The second kappa shape index (κ2) is 9.34. The Morgan fingerprint density at radius 1 is 1.44 bits per heavy atom. The lowest BCUT2D eigenvalue weighted by atomic mass is 9.99. The van der Waals surface area contributed by atoms with Crippen molar-refractivity contribution in [3.63, 3.8) is 0 Å². The highest BCUT2D eigenvalue weighted by Crippen LogP contribution is 2.12. The van der Waals surface area contributed by atoms with Gasteiger partial charge in [-0.2, -0.15) is 0 Å². The van der Waals surface area contributed by atoms with Gasteiger partial charge in [-0.05, 0) is 52.1 Å². The van der Waals surface area contributed by atoms with Gasteiger partial charge in [-0.3, -0.25) is 4.79 Å². The summed E-state index contributed by atoms with van der Waals surface area (Å²) in [5, 5.41) is 3.41. The van der Waals surface area contributed by atoms with Crippen molar-refractivity contribution in [2.75, 3.05) is 39.4 Å². The van der Waals surface area contributed by atoms with E-state index in [4.69, 9.17) is 4.74 Å². The molecule has 1 rings (SSSR count). The lowest BCUT2D eigenvalue weighted by Gasteiger charge is -2.29. The van der Waals surface area contributed by atoms with Gasteiger partial charge in [0, 0.05) is 32.7 Å². The summed E-state index contributed by atoms with van der Waals surface area (Å²) in [6.45, 7) is 9.41. The van der Waals surface area contributed by atoms with Crippen LogP contribution in [0.2, 0.25) is 0 Å². The molecule has 106 valence electrons. The minimum atomic E-state index is 0.280. The van der Waals surface area contributed by atoms with Gasteiger partial charge in [-0.25, -0.2) is 0 Å². The molecule has 0 radical (unpaired) electrons. The Bertz CT molecular complexity index is 228. The Kier molecular flexibility index (Phi) is 8.01. The summed E-state index contributed by atoms with van der Waals surface area (Å²) in [4.78, 5) is 14.1. The van der Waals surface area contributed by atoms with Crippen molar-refractivity contribution < 1.29 is 9.53 Å². The van der Waals surface area contributed by atoms with E-state index in [0.717, 1.165) is 39.2 Å². The van der Waals surface area contributed by atoms with Crippen molar-refractivity contribution in [1.82, 2.24) is 10.2 Å². The van der Waals surface area contributed by atoms with Crippen LogP contribution in [0.4, 0.5) is 0 Å². The maximum Gasteiger partial charge on any atom is 0.222 e. The third-order valence-corrected chi connectivity index (χ3v) is 3.50. The predicted molar refractivity (Wildman–Crippen MR) is 73.6 cm³/mol. The zero-order chi connectivity index (χ0) is 13.2. The SMILES string of the molecule is CCOCCCC(=O)N(CC)CC1CCCNC1.